The average Bonchev–Trinajstić information content (AvgIpc) is 2.79. The zero-order valence-electron chi connectivity index (χ0n) is 10.1. The quantitative estimate of drug-likeness (QED) is 0.710. The summed E-state index contributed by atoms with van der Waals surface area (Å²) in [6, 6.07) is 6.62. The highest BCUT2D eigenvalue weighted by Gasteiger charge is 2.18. The lowest BCUT2D eigenvalue weighted by molar-refractivity contribution is 0.104. The summed E-state index contributed by atoms with van der Waals surface area (Å²) in [5.74, 6) is -0.165. The number of carbonyl (C=O) groups is 1. The third-order valence-corrected chi connectivity index (χ3v) is 4.84. The summed E-state index contributed by atoms with van der Waals surface area (Å²) in [5, 5.41) is 1.55. The van der Waals surface area contributed by atoms with Gasteiger partial charge in [0.2, 0.25) is 5.78 Å². The lowest BCUT2D eigenvalue weighted by Crippen LogP contribution is -2.02. The first kappa shape index (κ1) is 13.4. The van der Waals surface area contributed by atoms with Crippen LogP contribution in [0.2, 0.25) is 10.0 Å². The lowest BCUT2D eigenvalue weighted by atomic mass is 10.1. The van der Waals surface area contributed by atoms with Gasteiger partial charge in [0.1, 0.15) is 0 Å². The number of aromatic nitrogens is 1. The van der Waals surface area contributed by atoms with Gasteiger partial charge < -0.3 is 5.73 Å². The van der Waals surface area contributed by atoms with Crippen LogP contribution in [-0.2, 0) is 0 Å². The molecule has 0 aliphatic carbocycles. The van der Waals surface area contributed by atoms with Crippen molar-refractivity contribution in [3.63, 3.8) is 0 Å². The first-order valence-corrected chi connectivity index (χ1v) is 7.27. The van der Waals surface area contributed by atoms with Gasteiger partial charge in [0.25, 0.3) is 0 Å². The Morgan fingerprint density at radius 2 is 2.00 bits per heavy atom. The highest BCUT2D eigenvalue weighted by Crippen LogP contribution is 2.35. The molecule has 20 heavy (non-hydrogen) atoms. The van der Waals surface area contributed by atoms with Crippen molar-refractivity contribution in [3.8, 4) is 0 Å². The Hall–Kier alpha value is -1.62. The third kappa shape index (κ3) is 2.16. The number of hydrogen-bond donors (Lipinski definition) is 1. The van der Waals surface area contributed by atoms with E-state index in [1.54, 1.807) is 30.6 Å². The Morgan fingerprint density at radius 3 is 2.70 bits per heavy atom. The molecule has 0 radical (unpaired) electrons. The molecule has 0 aliphatic rings. The van der Waals surface area contributed by atoms with Crippen LogP contribution in [0.3, 0.4) is 0 Å². The van der Waals surface area contributed by atoms with E-state index in [4.69, 9.17) is 28.9 Å². The van der Waals surface area contributed by atoms with Gasteiger partial charge in [-0.25, -0.2) is 0 Å². The molecule has 0 bridgehead atoms. The minimum Gasteiger partial charge on any atom is -0.397 e. The van der Waals surface area contributed by atoms with Gasteiger partial charge in [-0.15, -0.1) is 11.3 Å². The largest absolute Gasteiger partial charge is 0.397 e. The first-order chi connectivity index (χ1) is 9.58. The van der Waals surface area contributed by atoms with Crippen molar-refractivity contribution < 1.29 is 4.79 Å². The van der Waals surface area contributed by atoms with Gasteiger partial charge in [-0.1, -0.05) is 23.2 Å². The maximum absolute atomic E-state index is 12.5. The average molecular weight is 323 g/mol. The van der Waals surface area contributed by atoms with Gasteiger partial charge in [-0.3, -0.25) is 9.78 Å². The van der Waals surface area contributed by atoms with Crippen molar-refractivity contribution in [2.24, 2.45) is 0 Å². The Kier molecular flexibility index (Phi) is 3.38. The number of thiophene rings is 1. The summed E-state index contributed by atoms with van der Waals surface area (Å²) in [4.78, 5) is 17.0. The summed E-state index contributed by atoms with van der Waals surface area (Å²) >= 11 is 13.1. The van der Waals surface area contributed by atoms with Crippen molar-refractivity contribution in [2.45, 2.75) is 0 Å². The Labute approximate surface area is 129 Å². The molecule has 0 saturated carbocycles. The summed E-state index contributed by atoms with van der Waals surface area (Å²) in [6.07, 6.45) is 3.33. The fourth-order valence-corrected chi connectivity index (χ4v) is 3.25. The molecule has 0 aliphatic heterocycles. The van der Waals surface area contributed by atoms with E-state index in [1.165, 1.54) is 11.3 Å². The number of fused-ring (bicyclic) bond motifs is 1. The molecule has 3 aromatic rings. The maximum atomic E-state index is 12.5. The van der Waals surface area contributed by atoms with Crippen LogP contribution in [0.25, 0.3) is 10.1 Å². The number of nitrogens with zero attached hydrogens (tertiary/aromatic N) is 1. The number of ketones is 1. The van der Waals surface area contributed by atoms with Crippen molar-refractivity contribution in [1.29, 1.82) is 0 Å². The highest BCUT2D eigenvalue weighted by molar-refractivity contribution is 7.21. The van der Waals surface area contributed by atoms with E-state index in [2.05, 4.69) is 4.98 Å². The second-order valence-electron chi connectivity index (χ2n) is 4.17. The summed E-state index contributed by atoms with van der Waals surface area (Å²) < 4.78 is 0.931. The van der Waals surface area contributed by atoms with Gasteiger partial charge in [0.05, 0.1) is 20.6 Å². The molecule has 0 fully saturated rings. The third-order valence-electron chi connectivity index (χ3n) is 2.92. The molecule has 2 heterocycles. The number of nitrogens with two attached hydrogens (primary N) is 1. The van der Waals surface area contributed by atoms with Gasteiger partial charge in [0, 0.05) is 28.0 Å². The Morgan fingerprint density at radius 1 is 1.20 bits per heavy atom. The van der Waals surface area contributed by atoms with Gasteiger partial charge in [-0.05, 0) is 24.3 Å². The lowest BCUT2D eigenvalue weighted by Gasteiger charge is -2.02. The van der Waals surface area contributed by atoms with E-state index < -0.39 is 0 Å². The van der Waals surface area contributed by atoms with E-state index in [1.807, 2.05) is 6.07 Å². The van der Waals surface area contributed by atoms with E-state index in [0.717, 1.165) is 10.1 Å². The van der Waals surface area contributed by atoms with Crippen molar-refractivity contribution in [3.05, 3.63) is 57.1 Å². The number of anilines is 1. The zero-order valence-corrected chi connectivity index (χ0v) is 12.4. The Bertz CT molecular complexity index is 829. The normalized spacial score (nSPS) is 10.9. The fraction of sp³-hybridized carbons (Fsp3) is 0. The number of nitrogen functional groups attached to an aromatic ring is 1. The topological polar surface area (TPSA) is 56.0 Å². The molecule has 3 nitrogen and oxygen atoms in total. The van der Waals surface area contributed by atoms with Gasteiger partial charge in [-0.2, -0.15) is 0 Å². The number of benzene rings is 1. The Balaban J connectivity index is 2.12. The minimum absolute atomic E-state index is 0.165. The van der Waals surface area contributed by atoms with Crippen molar-refractivity contribution in [1.82, 2.24) is 4.98 Å². The predicted molar refractivity (Wildman–Crippen MR) is 83.9 cm³/mol. The van der Waals surface area contributed by atoms with Crippen LogP contribution in [0.15, 0.2) is 36.7 Å². The molecule has 0 atom stereocenters. The molecule has 100 valence electrons. The molecular weight excluding hydrogens is 315 g/mol. The number of rotatable bonds is 2. The van der Waals surface area contributed by atoms with E-state index >= 15 is 0 Å². The summed E-state index contributed by atoms with van der Waals surface area (Å²) in [7, 11) is 0. The van der Waals surface area contributed by atoms with Gasteiger partial charge >= 0.3 is 0 Å². The summed E-state index contributed by atoms with van der Waals surface area (Å²) in [5.41, 5.74) is 6.95. The maximum Gasteiger partial charge on any atom is 0.205 e. The van der Waals surface area contributed by atoms with Crippen molar-refractivity contribution >= 4 is 56.1 Å². The van der Waals surface area contributed by atoms with Crippen LogP contribution in [0.4, 0.5) is 5.69 Å². The highest BCUT2D eigenvalue weighted by atomic mass is 35.5. The van der Waals surface area contributed by atoms with Gasteiger partial charge in [0.15, 0.2) is 0 Å². The fourth-order valence-electron chi connectivity index (χ4n) is 1.90. The number of pyridine rings is 1. The minimum atomic E-state index is -0.165. The zero-order chi connectivity index (χ0) is 14.3. The van der Waals surface area contributed by atoms with Crippen LogP contribution < -0.4 is 5.73 Å². The molecule has 2 N–H and O–H groups in total. The van der Waals surface area contributed by atoms with Crippen LogP contribution in [0, 0.1) is 0 Å². The molecule has 1 aromatic carbocycles. The predicted octanol–water partition coefficient (Wildman–Crippen LogP) is 4.42. The SMILES string of the molecule is Nc1c(C(=O)c2ccc(Cl)c(Cl)c2)sc2ccncc12. The number of carbonyl (C=O) groups excluding carboxylic acids is 1. The van der Waals surface area contributed by atoms with E-state index in [9.17, 15) is 4.79 Å². The second kappa shape index (κ2) is 5.05. The molecule has 0 spiro atoms. The van der Waals surface area contributed by atoms with Crippen molar-refractivity contribution in [2.75, 3.05) is 5.73 Å². The molecule has 6 heteroatoms. The molecule has 0 saturated heterocycles. The smallest absolute Gasteiger partial charge is 0.205 e. The van der Waals surface area contributed by atoms with Crippen LogP contribution in [-0.4, -0.2) is 10.8 Å². The molecule has 3 rings (SSSR count). The number of halogens is 2. The summed E-state index contributed by atoms with van der Waals surface area (Å²) in [6.45, 7) is 0. The second-order valence-corrected chi connectivity index (χ2v) is 6.04. The van der Waals surface area contributed by atoms with Crippen LogP contribution >= 0.6 is 34.5 Å². The molecular formula is C14H8Cl2N2OS. The van der Waals surface area contributed by atoms with Crippen LogP contribution in [0.5, 0.6) is 0 Å². The monoisotopic (exact) mass is 322 g/mol. The standard InChI is InChI=1S/C14H8Cl2N2OS/c15-9-2-1-7(5-10(9)16)13(19)14-12(17)8-6-18-4-3-11(8)20-14/h1-6H,17H2. The molecule has 0 unspecified atom stereocenters. The molecule has 2 aromatic heterocycles. The molecule has 0 amide bonds. The number of hydrogen-bond acceptors (Lipinski definition) is 4. The van der Waals surface area contributed by atoms with E-state index in [0.29, 0.717) is 26.2 Å². The van der Waals surface area contributed by atoms with E-state index in [-0.39, 0.29) is 5.78 Å². The first-order valence-electron chi connectivity index (χ1n) is 5.69. The van der Waals surface area contributed by atoms with Crippen LogP contribution in [0.1, 0.15) is 15.2 Å².